The summed E-state index contributed by atoms with van der Waals surface area (Å²) in [6.07, 6.45) is 3.92. The molecule has 0 atom stereocenters. The molecule has 0 bridgehead atoms. The lowest BCUT2D eigenvalue weighted by atomic mass is 9.97. The van der Waals surface area contributed by atoms with Crippen molar-refractivity contribution in [1.29, 1.82) is 0 Å². The van der Waals surface area contributed by atoms with Crippen molar-refractivity contribution in [3.63, 3.8) is 0 Å². The molecule has 0 aromatic carbocycles. The van der Waals surface area contributed by atoms with E-state index < -0.39 is 10.0 Å². The lowest BCUT2D eigenvalue weighted by molar-refractivity contribution is 0.0195. The highest BCUT2D eigenvalue weighted by molar-refractivity contribution is 7.92. The molecule has 2 heterocycles. The number of aromatic nitrogens is 1. The number of pyridine rings is 1. The summed E-state index contributed by atoms with van der Waals surface area (Å²) in [7, 11) is -3.40. The number of likely N-dealkylation sites (N-methyl/N-ethyl adjacent to an activating group) is 1. The molecular weight excluding hydrogens is 316 g/mol. The smallest absolute Gasteiger partial charge is 0.256 e. The van der Waals surface area contributed by atoms with Gasteiger partial charge in [-0.25, -0.2) is 8.42 Å². The van der Waals surface area contributed by atoms with Gasteiger partial charge in [0.25, 0.3) is 5.91 Å². The molecule has 1 aliphatic heterocycles. The van der Waals surface area contributed by atoms with Crippen molar-refractivity contribution in [2.75, 3.05) is 37.2 Å². The second kappa shape index (κ2) is 6.45. The average Bonchev–Trinajstić information content (AvgIpc) is 2.44. The number of amides is 1. The number of rotatable bonds is 4. The number of hydrogen-bond acceptors (Lipinski definition) is 5. The van der Waals surface area contributed by atoms with Gasteiger partial charge in [-0.1, -0.05) is 6.92 Å². The standard InChI is InChI=1S/C15H24N4O3S/c1-5-18-6-7-19(15(2,3)11-18)14(20)12-8-13(10-16-9-12)17-23(4,21)22/h8-10,17H,5-7,11H2,1-4H3. The van der Waals surface area contributed by atoms with Crippen LogP contribution in [0.25, 0.3) is 0 Å². The Bertz CT molecular complexity index is 688. The van der Waals surface area contributed by atoms with Gasteiger partial charge in [0.1, 0.15) is 0 Å². The van der Waals surface area contributed by atoms with Gasteiger partial charge in [-0.15, -0.1) is 0 Å². The Hall–Kier alpha value is -1.67. The van der Waals surface area contributed by atoms with Crippen LogP contribution in [0, 0.1) is 0 Å². The SMILES string of the molecule is CCN1CCN(C(=O)c2cncc(NS(C)(=O)=O)c2)C(C)(C)C1. The van der Waals surface area contributed by atoms with Gasteiger partial charge in [-0.3, -0.25) is 19.4 Å². The Morgan fingerprint density at radius 3 is 2.61 bits per heavy atom. The minimum atomic E-state index is -3.40. The molecule has 0 radical (unpaired) electrons. The second-order valence-corrected chi connectivity index (χ2v) is 8.22. The molecule has 0 spiro atoms. The van der Waals surface area contributed by atoms with Crippen LogP contribution in [0.2, 0.25) is 0 Å². The van der Waals surface area contributed by atoms with Crippen molar-refractivity contribution in [1.82, 2.24) is 14.8 Å². The fourth-order valence-corrected chi connectivity index (χ4v) is 3.42. The third-order valence-corrected chi connectivity index (χ3v) is 4.57. The summed E-state index contributed by atoms with van der Waals surface area (Å²) in [6.45, 7) is 9.43. The van der Waals surface area contributed by atoms with Gasteiger partial charge < -0.3 is 4.90 Å². The highest BCUT2D eigenvalue weighted by atomic mass is 32.2. The first-order chi connectivity index (χ1) is 10.6. The molecule has 7 nitrogen and oxygen atoms in total. The Morgan fingerprint density at radius 2 is 2.04 bits per heavy atom. The number of sulfonamides is 1. The molecule has 0 saturated carbocycles. The van der Waals surface area contributed by atoms with E-state index in [1.807, 2.05) is 18.7 Å². The van der Waals surface area contributed by atoms with E-state index in [1.54, 1.807) is 0 Å². The van der Waals surface area contributed by atoms with E-state index in [9.17, 15) is 13.2 Å². The normalized spacial score (nSPS) is 18.7. The fourth-order valence-electron chi connectivity index (χ4n) is 2.88. The summed E-state index contributed by atoms with van der Waals surface area (Å²) >= 11 is 0. The number of hydrogen-bond donors (Lipinski definition) is 1. The monoisotopic (exact) mass is 340 g/mol. The van der Waals surface area contributed by atoms with Gasteiger partial charge in [0, 0.05) is 25.8 Å². The quantitative estimate of drug-likeness (QED) is 0.884. The summed E-state index contributed by atoms with van der Waals surface area (Å²) in [5.74, 6) is -0.129. The van der Waals surface area contributed by atoms with Crippen molar-refractivity contribution in [2.45, 2.75) is 26.3 Å². The summed E-state index contributed by atoms with van der Waals surface area (Å²) in [5, 5.41) is 0. The summed E-state index contributed by atoms with van der Waals surface area (Å²) in [5.41, 5.74) is 0.394. The molecule has 0 aliphatic carbocycles. The molecule has 1 saturated heterocycles. The van der Waals surface area contributed by atoms with Crippen LogP contribution in [0.4, 0.5) is 5.69 Å². The maximum absolute atomic E-state index is 12.8. The molecule has 0 unspecified atom stereocenters. The number of carbonyl (C=O) groups excluding carboxylic acids is 1. The van der Waals surface area contributed by atoms with Gasteiger partial charge in [-0.05, 0) is 26.5 Å². The Balaban J connectivity index is 2.22. The van der Waals surface area contributed by atoms with Gasteiger partial charge in [0.15, 0.2) is 0 Å². The Morgan fingerprint density at radius 1 is 1.35 bits per heavy atom. The number of nitrogens with zero attached hydrogens (tertiary/aromatic N) is 3. The lowest BCUT2D eigenvalue weighted by Gasteiger charge is -2.47. The van der Waals surface area contributed by atoms with E-state index in [-0.39, 0.29) is 11.4 Å². The minimum Gasteiger partial charge on any atom is -0.331 e. The van der Waals surface area contributed by atoms with E-state index in [2.05, 4.69) is 21.5 Å². The summed E-state index contributed by atoms with van der Waals surface area (Å²) in [4.78, 5) is 20.9. The molecule has 1 amide bonds. The van der Waals surface area contributed by atoms with E-state index in [4.69, 9.17) is 0 Å². The van der Waals surface area contributed by atoms with Crippen LogP contribution < -0.4 is 4.72 Å². The van der Waals surface area contributed by atoms with Gasteiger partial charge in [0.2, 0.25) is 10.0 Å². The van der Waals surface area contributed by atoms with Crippen molar-refractivity contribution < 1.29 is 13.2 Å². The highest BCUT2D eigenvalue weighted by Gasteiger charge is 2.36. The number of anilines is 1. The molecule has 1 N–H and O–H groups in total. The molecule has 1 fully saturated rings. The summed E-state index contributed by atoms with van der Waals surface area (Å²) < 4.78 is 25.0. The third kappa shape index (κ3) is 4.42. The predicted octanol–water partition coefficient (Wildman–Crippen LogP) is 1.01. The maximum Gasteiger partial charge on any atom is 0.256 e. The van der Waals surface area contributed by atoms with E-state index in [0.29, 0.717) is 17.8 Å². The topological polar surface area (TPSA) is 82.6 Å². The van der Waals surface area contributed by atoms with Crippen LogP contribution in [0.5, 0.6) is 0 Å². The molecular formula is C15H24N4O3S. The number of nitrogens with one attached hydrogen (secondary N) is 1. The second-order valence-electron chi connectivity index (χ2n) is 6.47. The molecule has 2 rings (SSSR count). The van der Waals surface area contributed by atoms with Crippen molar-refractivity contribution >= 4 is 21.6 Å². The van der Waals surface area contributed by atoms with Gasteiger partial charge >= 0.3 is 0 Å². The van der Waals surface area contributed by atoms with E-state index in [1.165, 1.54) is 18.5 Å². The van der Waals surface area contributed by atoms with Crippen LogP contribution in [0.15, 0.2) is 18.5 Å². The molecule has 8 heteroatoms. The minimum absolute atomic E-state index is 0.129. The van der Waals surface area contributed by atoms with Crippen LogP contribution in [-0.2, 0) is 10.0 Å². The zero-order valence-electron chi connectivity index (χ0n) is 14.0. The highest BCUT2D eigenvalue weighted by Crippen LogP contribution is 2.23. The Kier molecular flexibility index (Phi) is 4.95. The first-order valence-electron chi connectivity index (χ1n) is 7.59. The zero-order valence-corrected chi connectivity index (χ0v) is 14.9. The molecule has 128 valence electrons. The van der Waals surface area contributed by atoms with Crippen molar-refractivity contribution in [3.05, 3.63) is 24.0 Å². The third-order valence-electron chi connectivity index (χ3n) is 3.96. The summed E-state index contributed by atoms with van der Waals surface area (Å²) in [6, 6.07) is 1.53. The number of piperazine rings is 1. The van der Waals surface area contributed by atoms with Gasteiger partial charge in [0.05, 0.1) is 29.2 Å². The largest absolute Gasteiger partial charge is 0.331 e. The fraction of sp³-hybridized carbons (Fsp3) is 0.600. The van der Waals surface area contributed by atoms with E-state index in [0.717, 1.165) is 25.9 Å². The molecule has 1 aromatic heterocycles. The molecule has 1 aliphatic rings. The van der Waals surface area contributed by atoms with Crippen molar-refractivity contribution in [2.24, 2.45) is 0 Å². The van der Waals surface area contributed by atoms with Crippen LogP contribution >= 0.6 is 0 Å². The maximum atomic E-state index is 12.8. The Labute approximate surface area is 137 Å². The van der Waals surface area contributed by atoms with E-state index >= 15 is 0 Å². The average molecular weight is 340 g/mol. The first-order valence-corrected chi connectivity index (χ1v) is 9.49. The predicted molar refractivity (Wildman–Crippen MR) is 89.9 cm³/mol. The first kappa shape index (κ1) is 17.7. The number of carbonyl (C=O) groups is 1. The van der Waals surface area contributed by atoms with Crippen LogP contribution in [0.3, 0.4) is 0 Å². The van der Waals surface area contributed by atoms with Crippen LogP contribution in [0.1, 0.15) is 31.1 Å². The van der Waals surface area contributed by atoms with Gasteiger partial charge in [-0.2, -0.15) is 0 Å². The van der Waals surface area contributed by atoms with Crippen LogP contribution in [-0.4, -0.2) is 67.1 Å². The lowest BCUT2D eigenvalue weighted by Crippen LogP contribution is -2.60. The van der Waals surface area contributed by atoms with Crippen molar-refractivity contribution in [3.8, 4) is 0 Å². The molecule has 23 heavy (non-hydrogen) atoms. The molecule has 1 aromatic rings. The zero-order chi connectivity index (χ0) is 17.3.